The molecule has 0 heterocycles. The predicted octanol–water partition coefficient (Wildman–Crippen LogP) is 3.88. The summed E-state index contributed by atoms with van der Waals surface area (Å²) >= 11 is 0. The van der Waals surface area contributed by atoms with E-state index in [1.807, 2.05) is 0 Å². The lowest BCUT2D eigenvalue weighted by atomic mass is 10.9. The van der Waals surface area contributed by atoms with Crippen molar-refractivity contribution in [2.75, 3.05) is 21.3 Å². The van der Waals surface area contributed by atoms with E-state index < -0.39 is 25.9 Å². The summed E-state index contributed by atoms with van der Waals surface area (Å²) in [5.41, 5.74) is 0. The third kappa shape index (κ3) is 5.24. The summed E-state index contributed by atoms with van der Waals surface area (Å²) < 4.78 is 30.4. The standard InChI is InChI=1S/C13H34O5Si3/c1-9-19(10-2,14-6)17-21(13-5,16-8)18-20(11-3,12-4)15-7/h9-13H2,1-8H3. The van der Waals surface area contributed by atoms with Gasteiger partial charge < -0.3 is 21.5 Å². The zero-order valence-corrected chi connectivity index (χ0v) is 18.1. The Hall–Kier alpha value is 0.451. The Labute approximate surface area is 134 Å². The molecule has 0 rings (SSSR count). The first-order valence-corrected chi connectivity index (χ1v) is 14.4. The molecule has 5 nitrogen and oxygen atoms in total. The van der Waals surface area contributed by atoms with Crippen LogP contribution in [0.3, 0.4) is 0 Å². The van der Waals surface area contributed by atoms with Gasteiger partial charge in [0.25, 0.3) is 0 Å². The maximum atomic E-state index is 6.50. The molecule has 0 spiro atoms. The van der Waals surface area contributed by atoms with E-state index in [4.69, 9.17) is 21.5 Å². The SMILES string of the molecule is CC[Si](CC)(OC)O[Si](CC)(OC)O[Si](CC)(CC)OC. The van der Waals surface area contributed by atoms with Gasteiger partial charge in [-0.2, -0.15) is 0 Å². The summed E-state index contributed by atoms with van der Waals surface area (Å²) in [6.45, 7) is 10.5. The quantitative estimate of drug-likeness (QED) is 0.498. The summed E-state index contributed by atoms with van der Waals surface area (Å²) in [6, 6.07) is 4.30. The highest BCUT2D eigenvalue weighted by molar-refractivity contribution is 6.84. The molecule has 0 aromatic heterocycles. The molecule has 8 heteroatoms. The van der Waals surface area contributed by atoms with E-state index >= 15 is 0 Å². The molecule has 0 aliphatic carbocycles. The smallest absolute Gasteiger partial charge is 0.398 e. The first-order valence-electron chi connectivity index (χ1n) is 7.96. The van der Waals surface area contributed by atoms with Gasteiger partial charge in [0.05, 0.1) is 0 Å². The van der Waals surface area contributed by atoms with Crippen LogP contribution in [0.5, 0.6) is 0 Å². The molecule has 128 valence electrons. The van der Waals surface area contributed by atoms with Crippen molar-refractivity contribution in [3.8, 4) is 0 Å². The lowest BCUT2D eigenvalue weighted by Gasteiger charge is -2.41. The minimum Gasteiger partial charge on any atom is -0.398 e. The fourth-order valence-corrected chi connectivity index (χ4v) is 14.7. The Morgan fingerprint density at radius 3 is 1.00 bits per heavy atom. The summed E-state index contributed by atoms with van der Waals surface area (Å²) in [4.78, 5) is 0. The van der Waals surface area contributed by atoms with Gasteiger partial charge in [0.2, 0.25) is 0 Å². The van der Waals surface area contributed by atoms with Gasteiger partial charge in [0.1, 0.15) is 0 Å². The molecule has 0 aliphatic rings. The van der Waals surface area contributed by atoms with Crippen molar-refractivity contribution in [2.45, 2.75) is 64.8 Å². The molecule has 0 aromatic rings. The molecule has 0 N–H and O–H groups in total. The van der Waals surface area contributed by atoms with Crippen LogP contribution in [0.2, 0.25) is 30.2 Å². The minimum absolute atomic E-state index is 0.736. The van der Waals surface area contributed by atoms with E-state index in [9.17, 15) is 0 Å². The number of hydrogen-bond acceptors (Lipinski definition) is 5. The molecule has 0 radical (unpaired) electrons. The lowest BCUT2D eigenvalue weighted by Crippen LogP contribution is -2.61. The van der Waals surface area contributed by atoms with Crippen LogP contribution >= 0.6 is 0 Å². The van der Waals surface area contributed by atoms with Gasteiger partial charge in [-0.25, -0.2) is 0 Å². The highest BCUT2D eigenvalue weighted by Gasteiger charge is 2.52. The van der Waals surface area contributed by atoms with Crippen LogP contribution in [-0.2, 0) is 21.5 Å². The third-order valence-electron chi connectivity index (χ3n) is 4.33. The second-order valence-electron chi connectivity index (χ2n) is 5.09. The van der Waals surface area contributed by atoms with Crippen LogP contribution in [0.1, 0.15) is 34.6 Å². The molecule has 0 fully saturated rings. The van der Waals surface area contributed by atoms with Gasteiger partial charge in [0, 0.05) is 27.4 Å². The first kappa shape index (κ1) is 21.5. The summed E-state index contributed by atoms with van der Waals surface area (Å²) in [5, 5.41) is 0. The maximum Gasteiger partial charge on any atom is 0.482 e. The molecule has 0 amide bonds. The summed E-state index contributed by atoms with van der Waals surface area (Å²) in [6.07, 6.45) is 0. The van der Waals surface area contributed by atoms with E-state index in [0.29, 0.717) is 0 Å². The van der Waals surface area contributed by atoms with E-state index in [1.165, 1.54) is 0 Å². The van der Waals surface area contributed by atoms with Crippen LogP contribution in [0.15, 0.2) is 0 Å². The van der Waals surface area contributed by atoms with Crippen LogP contribution < -0.4 is 0 Å². The first-order chi connectivity index (χ1) is 9.90. The Balaban J connectivity index is 5.42. The third-order valence-corrected chi connectivity index (χ3v) is 17.1. The zero-order chi connectivity index (χ0) is 16.6. The van der Waals surface area contributed by atoms with E-state index in [-0.39, 0.29) is 0 Å². The molecule has 0 atom stereocenters. The van der Waals surface area contributed by atoms with E-state index in [0.717, 1.165) is 30.2 Å². The van der Waals surface area contributed by atoms with Crippen LogP contribution in [-0.4, -0.2) is 47.3 Å². The Kier molecular flexibility index (Phi) is 9.76. The Morgan fingerprint density at radius 2 is 0.857 bits per heavy atom. The Morgan fingerprint density at radius 1 is 0.524 bits per heavy atom. The minimum atomic E-state index is -2.77. The molecule has 0 saturated carbocycles. The van der Waals surface area contributed by atoms with Crippen LogP contribution in [0.4, 0.5) is 0 Å². The van der Waals surface area contributed by atoms with Crippen molar-refractivity contribution < 1.29 is 21.5 Å². The van der Waals surface area contributed by atoms with Crippen LogP contribution in [0.25, 0.3) is 0 Å². The summed E-state index contributed by atoms with van der Waals surface area (Å²) in [7, 11) is -2.10. The van der Waals surface area contributed by atoms with Gasteiger partial charge >= 0.3 is 25.9 Å². The number of hydrogen-bond donors (Lipinski definition) is 0. The van der Waals surface area contributed by atoms with Gasteiger partial charge in [-0.15, -0.1) is 0 Å². The summed E-state index contributed by atoms with van der Waals surface area (Å²) in [5.74, 6) is 0. The fourth-order valence-electron chi connectivity index (χ4n) is 2.41. The van der Waals surface area contributed by atoms with Crippen LogP contribution in [0, 0.1) is 0 Å². The van der Waals surface area contributed by atoms with Crippen molar-refractivity contribution in [3.63, 3.8) is 0 Å². The van der Waals surface area contributed by atoms with Gasteiger partial charge in [-0.05, 0) is 24.2 Å². The molecular weight excluding hydrogens is 320 g/mol. The van der Waals surface area contributed by atoms with E-state index in [2.05, 4.69) is 34.6 Å². The average molecular weight is 355 g/mol. The van der Waals surface area contributed by atoms with Crippen molar-refractivity contribution in [3.05, 3.63) is 0 Å². The van der Waals surface area contributed by atoms with Crippen molar-refractivity contribution in [1.29, 1.82) is 0 Å². The highest BCUT2D eigenvalue weighted by Crippen LogP contribution is 2.31. The van der Waals surface area contributed by atoms with Crippen molar-refractivity contribution in [1.82, 2.24) is 0 Å². The largest absolute Gasteiger partial charge is 0.482 e. The molecule has 21 heavy (non-hydrogen) atoms. The molecular formula is C13H34O5Si3. The topological polar surface area (TPSA) is 46.2 Å². The second kappa shape index (κ2) is 9.56. The normalized spacial score (nSPS) is 13.7. The predicted molar refractivity (Wildman–Crippen MR) is 92.9 cm³/mol. The molecule has 0 aliphatic heterocycles. The van der Waals surface area contributed by atoms with Gasteiger partial charge in [0.15, 0.2) is 0 Å². The molecule has 0 unspecified atom stereocenters. The fraction of sp³-hybridized carbons (Fsp3) is 1.00. The monoisotopic (exact) mass is 354 g/mol. The lowest BCUT2D eigenvalue weighted by molar-refractivity contribution is 0.144. The average Bonchev–Trinajstić information content (AvgIpc) is 2.57. The van der Waals surface area contributed by atoms with Gasteiger partial charge in [-0.3, -0.25) is 0 Å². The Bertz CT molecular complexity index is 238. The molecule has 0 saturated heterocycles. The van der Waals surface area contributed by atoms with Crippen molar-refractivity contribution in [2.24, 2.45) is 0 Å². The second-order valence-corrected chi connectivity index (χ2v) is 16.5. The number of rotatable bonds is 12. The van der Waals surface area contributed by atoms with Crippen molar-refractivity contribution >= 4 is 25.9 Å². The van der Waals surface area contributed by atoms with E-state index in [1.54, 1.807) is 21.3 Å². The zero-order valence-electron chi connectivity index (χ0n) is 15.1. The molecule has 0 aromatic carbocycles. The highest BCUT2D eigenvalue weighted by atomic mass is 28.5. The van der Waals surface area contributed by atoms with Gasteiger partial charge in [-0.1, -0.05) is 34.6 Å². The maximum absolute atomic E-state index is 6.50. The molecule has 0 bridgehead atoms.